The molecule has 0 unspecified atom stereocenters. The van der Waals surface area contributed by atoms with Gasteiger partial charge in [0, 0.05) is 45.1 Å². The summed E-state index contributed by atoms with van der Waals surface area (Å²) in [6.07, 6.45) is 4.67. The van der Waals surface area contributed by atoms with E-state index in [1.165, 1.54) is 5.56 Å². The number of hydrogen-bond donors (Lipinski definition) is 1. The molecule has 150 valence electrons. The zero-order valence-electron chi connectivity index (χ0n) is 16.2. The molecule has 3 rings (SSSR count). The van der Waals surface area contributed by atoms with Gasteiger partial charge < -0.3 is 15.0 Å². The number of halogens is 1. The van der Waals surface area contributed by atoms with E-state index in [1.807, 2.05) is 49.6 Å². The average molecular weight is 419 g/mol. The van der Waals surface area contributed by atoms with Crippen LogP contribution in [0.4, 0.5) is 5.69 Å². The molecule has 0 saturated carbocycles. The SMILES string of the molecule is Cc1ccc(Cl)c(NC(=S)N(CCCN2CCOCC2)Cc2ccncc2)c1. The molecule has 7 heteroatoms. The third kappa shape index (κ3) is 6.41. The molecule has 1 aromatic carbocycles. The molecule has 1 aliphatic rings. The Morgan fingerprint density at radius 1 is 1.25 bits per heavy atom. The fourth-order valence-corrected chi connectivity index (χ4v) is 3.63. The van der Waals surface area contributed by atoms with Gasteiger partial charge in [0.15, 0.2) is 5.11 Å². The summed E-state index contributed by atoms with van der Waals surface area (Å²) in [5.41, 5.74) is 3.17. The highest BCUT2D eigenvalue weighted by molar-refractivity contribution is 7.80. The maximum atomic E-state index is 6.34. The number of anilines is 1. The summed E-state index contributed by atoms with van der Waals surface area (Å²) >= 11 is 12.1. The Morgan fingerprint density at radius 2 is 2.00 bits per heavy atom. The number of hydrogen-bond acceptors (Lipinski definition) is 4. The fraction of sp³-hybridized carbons (Fsp3) is 0.429. The average Bonchev–Trinajstić information content (AvgIpc) is 2.71. The molecule has 1 N–H and O–H groups in total. The van der Waals surface area contributed by atoms with Gasteiger partial charge in [0.2, 0.25) is 0 Å². The zero-order chi connectivity index (χ0) is 19.8. The Hall–Kier alpha value is -1.73. The number of rotatable bonds is 7. The molecule has 1 aliphatic heterocycles. The third-order valence-corrected chi connectivity index (χ3v) is 5.47. The van der Waals surface area contributed by atoms with Crippen LogP contribution in [0.15, 0.2) is 42.7 Å². The molecule has 0 bridgehead atoms. The lowest BCUT2D eigenvalue weighted by molar-refractivity contribution is 0.0368. The minimum Gasteiger partial charge on any atom is -0.379 e. The first-order valence-electron chi connectivity index (χ1n) is 9.63. The summed E-state index contributed by atoms with van der Waals surface area (Å²) in [7, 11) is 0. The number of benzene rings is 1. The van der Waals surface area contributed by atoms with Gasteiger partial charge >= 0.3 is 0 Å². The summed E-state index contributed by atoms with van der Waals surface area (Å²) < 4.78 is 5.43. The molecule has 0 aliphatic carbocycles. The molecule has 1 aromatic heterocycles. The van der Waals surface area contributed by atoms with Crippen molar-refractivity contribution in [2.75, 3.05) is 44.7 Å². The van der Waals surface area contributed by atoms with E-state index < -0.39 is 0 Å². The van der Waals surface area contributed by atoms with Crippen LogP contribution in [-0.2, 0) is 11.3 Å². The molecule has 2 heterocycles. The normalized spacial score (nSPS) is 14.6. The number of thiocarbonyl (C=S) groups is 1. The fourth-order valence-electron chi connectivity index (χ4n) is 3.20. The van der Waals surface area contributed by atoms with Gasteiger partial charge in [-0.15, -0.1) is 0 Å². The van der Waals surface area contributed by atoms with Crippen molar-refractivity contribution in [1.82, 2.24) is 14.8 Å². The third-order valence-electron chi connectivity index (χ3n) is 4.78. The Morgan fingerprint density at radius 3 is 2.75 bits per heavy atom. The number of morpholine rings is 1. The summed E-state index contributed by atoms with van der Waals surface area (Å²) in [6, 6.07) is 9.96. The molecule has 28 heavy (non-hydrogen) atoms. The first-order valence-corrected chi connectivity index (χ1v) is 10.4. The number of ether oxygens (including phenoxy) is 1. The first kappa shape index (κ1) is 21.0. The van der Waals surface area contributed by atoms with E-state index in [2.05, 4.69) is 20.1 Å². The van der Waals surface area contributed by atoms with Crippen molar-refractivity contribution in [3.63, 3.8) is 0 Å². The van der Waals surface area contributed by atoms with Gasteiger partial charge in [-0.2, -0.15) is 0 Å². The van der Waals surface area contributed by atoms with Crippen LogP contribution in [0.3, 0.4) is 0 Å². The minimum absolute atomic E-state index is 0.671. The van der Waals surface area contributed by atoms with Gasteiger partial charge in [0.25, 0.3) is 0 Å². The molecule has 5 nitrogen and oxygen atoms in total. The lowest BCUT2D eigenvalue weighted by atomic mass is 10.2. The highest BCUT2D eigenvalue weighted by Gasteiger charge is 2.14. The molecular weight excluding hydrogens is 392 g/mol. The molecular formula is C21H27ClN4OS. The molecule has 0 amide bonds. The van der Waals surface area contributed by atoms with Gasteiger partial charge in [-0.1, -0.05) is 17.7 Å². The van der Waals surface area contributed by atoms with Crippen LogP contribution in [0.1, 0.15) is 17.5 Å². The first-order chi connectivity index (χ1) is 13.6. The number of nitrogens with zero attached hydrogens (tertiary/aromatic N) is 3. The monoisotopic (exact) mass is 418 g/mol. The van der Waals surface area contributed by atoms with Crippen molar-refractivity contribution in [3.8, 4) is 0 Å². The van der Waals surface area contributed by atoms with Crippen molar-refractivity contribution >= 4 is 34.6 Å². The molecule has 0 atom stereocenters. The zero-order valence-corrected chi connectivity index (χ0v) is 17.8. The van der Waals surface area contributed by atoms with E-state index in [4.69, 9.17) is 28.6 Å². The Labute approximate surface area is 177 Å². The van der Waals surface area contributed by atoms with Crippen LogP contribution in [0.2, 0.25) is 5.02 Å². The second-order valence-corrected chi connectivity index (χ2v) is 7.79. The van der Waals surface area contributed by atoms with Crippen LogP contribution < -0.4 is 5.32 Å². The smallest absolute Gasteiger partial charge is 0.173 e. The van der Waals surface area contributed by atoms with Crippen molar-refractivity contribution in [2.24, 2.45) is 0 Å². The molecule has 1 saturated heterocycles. The maximum Gasteiger partial charge on any atom is 0.173 e. The molecule has 1 fully saturated rings. The Kier molecular flexibility index (Phi) is 8.03. The van der Waals surface area contributed by atoms with E-state index in [0.29, 0.717) is 10.1 Å². The predicted molar refractivity (Wildman–Crippen MR) is 119 cm³/mol. The molecule has 0 radical (unpaired) electrons. The van der Waals surface area contributed by atoms with Gasteiger partial charge in [0.1, 0.15) is 0 Å². The summed E-state index contributed by atoms with van der Waals surface area (Å²) in [4.78, 5) is 8.75. The number of nitrogens with one attached hydrogen (secondary N) is 1. The van der Waals surface area contributed by atoms with Crippen LogP contribution in [0.25, 0.3) is 0 Å². The predicted octanol–water partition coefficient (Wildman–Crippen LogP) is 3.96. The maximum absolute atomic E-state index is 6.34. The van der Waals surface area contributed by atoms with Crippen LogP contribution >= 0.6 is 23.8 Å². The number of aromatic nitrogens is 1. The number of pyridine rings is 1. The van der Waals surface area contributed by atoms with E-state index >= 15 is 0 Å². The number of aryl methyl sites for hydroxylation is 1. The van der Waals surface area contributed by atoms with Gasteiger partial charge in [-0.05, 0) is 61.0 Å². The van der Waals surface area contributed by atoms with Crippen molar-refractivity contribution in [1.29, 1.82) is 0 Å². The summed E-state index contributed by atoms with van der Waals surface area (Å²) in [5, 5.41) is 4.69. The van der Waals surface area contributed by atoms with Crippen LogP contribution in [0.5, 0.6) is 0 Å². The topological polar surface area (TPSA) is 40.6 Å². The van der Waals surface area contributed by atoms with E-state index in [9.17, 15) is 0 Å². The van der Waals surface area contributed by atoms with Crippen molar-refractivity contribution in [2.45, 2.75) is 19.9 Å². The second kappa shape index (κ2) is 10.7. The standard InChI is InChI=1S/C21H27ClN4OS/c1-17-3-4-19(22)20(15-17)24-21(28)26(16-18-5-7-23-8-6-18)10-2-9-25-11-13-27-14-12-25/h3-8,15H,2,9-14,16H2,1H3,(H,24,28). The van der Waals surface area contributed by atoms with Crippen LogP contribution in [0, 0.1) is 6.92 Å². The summed E-state index contributed by atoms with van der Waals surface area (Å²) in [5.74, 6) is 0. The quantitative estimate of drug-likeness (QED) is 0.686. The largest absolute Gasteiger partial charge is 0.379 e. The lowest BCUT2D eigenvalue weighted by Gasteiger charge is -2.30. The summed E-state index contributed by atoms with van der Waals surface area (Å²) in [6.45, 7) is 8.36. The second-order valence-electron chi connectivity index (χ2n) is 7.00. The van der Waals surface area contributed by atoms with Crippen molar-refractivity contribution in [3.05, 3.63) is 58.9 Å². The molecule has 2 aromatic rings. The minimum atomic E-state index is 0.671. The van der Waals surface area contributed by atoms with E-state index in [0.717, 1.165) is 63.6 Å². The van der Waals surface area contributed by atoms with Gasteiger partial charge in [-0.25, -0.2) is 0 Å². The Balaban J connectivity index is 1.63. The van der Waals surface area contributed by atoms with Crippen molar-refractivity contribution < 1.29 is 4.74 Å². The van der Waals surface area contributed by atoms with Crippen LogP contribution in [-0.4, -0.2) is 59.3 Å². The lowest BCUT2D eigenvalue weighted by Crippen LogP contribution is -2.40. The highest BCUT2D eigenvalue weighted by atomic mass is 35.5. The Bertz CT molecular complexity index is 768. The highest BCUT2D eigenvalue weighted by Crippen LogP contribution is 2.23. The van der Waals surface area contributed by atoms with E-state index in [1.54, 1.807) is 0 Å². The van der Waals surface area contributed by atoms with Gasteiger partial charge in [0.05, 0.1) is 23.9 Å². The van der Waals surface area contributed by atoms with E-state index in [-0.39, 0.29) is 0 Å². The van der Waals surface area contributed by atoms with Gasteiger partial charge in [-0.3, -0.25) is 9.88 Å². The molecule has 0 spiro atoms.